The Labute approximate surface area is 62.8 Å². The van der Waals surface area contributed by atoms with Gasteiger partial charge in [0.25, 0.3) is 0 Å². The molecule has 0 aliphatic rings. The van der Waals surface area contributed by atoms with Crippen LogP contribution in [0.15, 0.2) is 12.3 Å². The number of rotatable bonds is 5. The summed E-state index contributed by atoms with van der Waals surface area (Å²) in [5, 5.41) is 9.76. The third kappa shape index (κ3) is 7.21. The molecule has 0 aromatic heterocycles. The Hall–Kier alpha value is -0.790. The SMILES string of the molecule is CC(C)CCN/C=C\C=N. The van der Waals surface area contributed by atoms with Crippen molar-refractivity contribution in [3.63, 3.8) is 0 Å². The van der Waals surface area contributed by atoms with Gasteiger partial charge in [-0.2, -0.15) is 0 Å². The average molecular weight is 140 g/mol. The molecular formula is C8H16N2. The standard InChI is InChI=1S/C8H16N2/c1-8(2)4-7-10-6-3-5-9/h3,5-6,8-10H,4,7H2,1-2H3/b6-3-,9-5?. The van der Waals surface area contributed by atoms with Crippen molar-refractivity contribution in [2.75, 3.05) is 6.54 Å². The maximum atomic E-state index is 6.67. The normalized spacial score (nSPS) is 10.7. The summed E-state index contributed by atoms with van der Waals surface area (Å²) < 4.78 is 0. The Morgan fingerprint density at radius 3 is 2.70 bits per heavy atom. The van der Waals surface area contributed by atoms with Crippen molar-refractivity contribution in [3.05, 3.63) is 12.3 Å². The van der Waals surface area contributed by atoms with Crippen molar-refractivity contribution >= 4 is 6.21 Å². The molecule has 0 aliphatic carbocycles. The van der Waals surface area contributed by atoms with Crippen molar-refractivity contribution in [1.29, 1.82) is 5.41 Å². The first-order valence-corrected chi connectivity index (χ1v) is 3.66. The number of nitrogens with one attached hydrogen (secondary N) is 2. The number of hydrogen-bond acceptors (Lipinski definition) is 2. The van der Waals surface area contributed by atoms with E-state index in [-0.39, 0.29) is 0 Å². The smallest absolute Gasteiger partial charge is 0.0192 e. The van der Waals surface area contributed by atoms with Gasteiger partial charge < -0.3 is 10.7 Å². The van der Waals surface area contributed by atoms with Gasteiger partial charge in [-0.05, 0) is 24.6 Å². The fourth-order valence-electron chi connectivity index (χ4n) is 0.571. The molecule has 0 amide bonds. The van der Waals surface area contributed by atoms with Gasteiger partial charge in [0.1, 0.15) is 0 Å². The topological polar surface area (TPSA) is 35.9 Å². The zero-order valence-corrected chi connectivity index (χ0v) is 6.72. The van der Waals surface area contributed by atoms with Crippen LogP contribution in [-0.2, 0) is 0 Å². The monoisotopic (exact) mass is 140 g/mol. The minimum absolute atomic E-state index is 0.751. The minimum atomic E-state index is 0.751. The van der Waals surface area contributed by atoms with Crippen molar-refractivity contribution in [3.8, 4) is 0 Å². The average Bonchev–Trinajstić information content (AvgIpc) is 1.87. The predicted octanol–water partition coefficient (Wildman–Crippen LogP) is 1.79. The van der Waals surface area contributed by atoms with Crippen LogP contribution in [0.5, 0.6) is 0 Å². The molecule has 0 radical (unpaired) electrons. The minimum Gasteiger partial charge on any atom is -0.391 e. The molecule has 0 aliphatic heterocycles. The van der Waals surface area contributed by atoms with Gasteiger partial charge in [0.2, 0.25) is 0 Å². The third-order valence-corrected chi connectivity index (χ3v) is 1.18. The van der Waals surface area contributed by atoms with E-state index in [1.807, 2.05) is 0 Å². The Morgan fingerprint density at radius 2 is 2.20 bits per heavy atom. The molecular weight excluding hydrogens is 124 g/mol. The van der Waals surface area contributed by atoms with Gasteiger partial charge in [-0.3, -0.25) is 0 Å². The molecule has 0 saturated carbocycles. The van der Waals surface area contributed by atoms with E-state index in [0.717, 1.165) is 12.5 Å². The van der Waals surface area contributed by atoms with Crippen LogP contribution in [0.2, 0.25) is 0 Å². The molecule has 0 unspecified atom stereocenters. The fraction of sp³-hybridized carbons (Fsp3) is 0.625. The lowest BCUT2D eigenvalue weighted by molar-refractivity contribution is 0.571. The maximum absolute atomic E-state index is 6.67. The highest BCUT2D eigenvalue weighted by atomic mass is 14.8. The van der Waals surface area contributed by atoms with E-state index < -0.39 is 0 Å². The Bertz CT molecular complexity index is 106. The molecule has 2 nitrogen and oxygen atoms in total. The summed E-state index contributed by atoms with van der Waals surface area (Å²) in [7, 11) is 0. The summed E-state index contributed by atoms with van der Waals surface area (Å²) >= 11 is 0. The van der Waals surface area contributed by atoms with E-state index in [0.29, 0.717) is 0 Å². The lowest BCUT2D eigenvalue weighted by atomic mass is 10.1. The van der Waals surface area contributed by atoms with E-state index in [9.17, 15) is 0 Å². The van der Waals surface area contributed by atoms with Crippen LogP contribution < -0.4 is 5.32 Å². The van der Waals surface area contributed by atoms with Crippen LogP contribution in [0.4, 0.5) is 0 Å². The summed E-state index contributed by atoms with van der Waals surface area (Å²) in [6.07, 6.45) is 5.93. The van der Waals surface area contributed by atoms with Crippen LogP contribution in [0.1, 0.15) is 20.3 Å². The van der Waals surface area contributed by atoms with E-state index in [1.54, 1.807) is 12.3 Å². The Balaban J connectivity index is 3.04. The Morgan fingerprint density at radius 1 is 1.50 bits per heavy atom. The van der Waals surface area contributed by atoms with Gasteiger partial charge in [0.15, 0.2) is 0 Å². The van der Waals surface area contributed by atoms with Crippen LogP contribution in [0.25, 0.3) is 0 Å². The molecule has 0 spiro atoms. The second-order valence-corrected chi connectivity index (χ2v) is 2.66. The van der Waals surface area contributed by atoms with Crippen molar-refractivity contribution < 1.29 is 0 Å². The van der Waals surface area contributed by atoms with Crippen LogP contribution >= 0.6 is 0 Å². The van der Waals surface area contributed by atoms with Gasteiger partial charge in [0, 0.05) is 12.8 Å². The lowest BCUT2D eigenvalue weighted by Gasteiger charge is -2.02. The lowest BCUT2D eigenvalue weighted by Crippen LogP contribution is -2.09. The predicted molar refractivity (Wildman–Crippen MR) is 45.4 cm³/mol. The zero-order chi connectivity index (χ0) is 7.82. The number of allylic oxidation sites excluding steroid dienone is 1. The van der Waals surface area contributed by atoms with Crippen LogP contribution in [-0.4, -0.2) is 12.8 Å². The van der Waals surface area contributed by atoms with Crippen molar-refractivity contribution in [2.45, 2.75) is 20.3 Å². The second-order valence-electron chi connectivity index (χ2n) is 2.66. The maximum Gasteiger partial charge on any atom is 0.0192 e. The number of hydrogen-bond donors (Lipinski definition) is 2. The fourth-order valence-corrected chi connectivity index (χ4v) is 0.571. The van der Waals surface area contributed by atoms with Crippen LogP contribution in [0, 0.1) is 11.3 Å². The molecule has 0 heterocycles. The molecule has 0 aromatic rings. The van der Waals surface area contributed by atoms with Crippen molar-refractivity contribution in [2.24, 2.45) is 5.92 Å². The van der Waals surface area contributed by atoms with E-state index in [1.165, 1.54) is 12.6 Å². The van der Waals surface area contributed by atoms with Gasteiger partial charge in [-0.25, -0.2) is 0 Å². The molecule has 2 heteroatoms. The summed E-state index contributed by atoms with van der Waals surface area (Å²) in [6.45, 7) is 5.39. The highest BCUT2D eigenvalue weighted by Crippen LogP contribution is 1.95. The highest BCUT2D eigenvalue weighted by Gasteiger charge is 1.89. The van der Waals surface area contributed by atoms with E-state index in [4.69, 9.17) is 5.41 Å². The van der Waals surface area contributed by atoms with E-state index in [2.05, 4.69) is 19.2 Å². The first-order valence-electron chi connectivity index (χ1n) is 3.66. The largest absolute Gasteiger partial charge is 0.391 e. The summed E-state index contributed by atoms with van der Waals surface area (Å²) in [4.78, 5) is 0. The second kappa shape index (κ2) is 6.33. The van der Waals surface area contributed by atoms with Gasteiger partial charge >= 0.3 is 0 Å². The van der Waals surface area contributed by atoms with Crippen LogP contribution in [0.3, 0.4) is 0 Å². The molecule has 10 heavy (non-hydrogen) atoms. The quantitative estimate of drug-likeness (QED) is 0.443. The molecule has 0 fully saturated rings. The molecule has 0 atom stereocenters. The highest BCUT2D eigenvalue weighted by molar-refractivity contribution is 5.67. The summed E-state index contributed by atoms with van der Waals surface area (Å²) in [6, 6.07) is 0. The third-order valence-electron chi connectivity index (χ3n) is 1.18. The van der Waals surface area contributed by atoms with Gasteiger partial charge in [-0.1, -0.05) is 13.8 Å². The first-order chi connectivity index (χ1) is 4.77. The molecule has 0 aromatic carbocycles. The van der Waals surface area contributed by atoms with Crippen molar-refractivity contribution in [1.82, 2.24) is 5.32 Å². The van der Waals surface area contributed by atoms with Gasteiger partial charge in [0.05, 0.1) is 0 Å². The molecule has 0 saturated heterocycles. The summed E-state index contributed by atoms with van der Waals surface area (Å²) in [5.41, 5.74) is 0. The zero-order valence-electron chi connectivity index (χ0n) is 6.72. The molecule has 58 valence electrons. The van der Waals surface area contributed by atoms with Gasteiger partial charge in [-0.15, -0.1) is 0 Å². The first kappa shape index (κ1) is 9.21. The molecule has 0 rings (SSSR count). The summed E-state index contributed by atoms with van der Waals surface area (Å²) in [5.74, 6) is 0.751. The Kier molecular flexibility index (Phi) is 5.83. The van der Waals surface area contributed by atoms with E-state index >= 15 is 0 Å². The molecule has 2 N–H and O–H groups in total. The molecule has 0 bridgehead atoms.